The van der Waals surface area contributed by atoms with Gasteiger partial charge < -0.3 is 15.0 Å². The first-order valence-corrected chi connectivity index (χ1v) is 10.9. The molecule has 2 aromatic rings. The van der Waals surface area contributed by atoms with Crippen molar-refractivity contribution in [3.8, 4) is 5.75 Å². The molecule has 5 nitrogen and oxygen atoms in total. The summed E-state index contributed by atoms with van der Waals surface area (Å²) in [6, 6.07) is 6.50. The molecule has 0 spiro atoms. The molecule has 1 N–H and O–H groups in total. The van der Waals surface area contributed by atoms with Crippen LogP contribution in [-0.2, 0) is 23.8 Å². The molecule has 142 valence electrons. The summed E-state index contributed by atoms with van der Waals surface area (Å²) in [7, 11) is 0.794. The van der Waals surface area contributed by atoms with Gasteiger partial charge in [-0.15, -0.1) is 0 Å². The minimum atomic E-state index is -1.32. The molecule has 2 unspecified atom stereocenters. The van der Waals surface area contributed by atoms with Crippen LogP contribution < -0.4 is 15.0 Å². The summed E-state index contributed by atoms with van der Waals surface area (Å²) in [6.07, 6.45) is 10.7. The summed E-state index contributed by atoms with van der Waals surface area (Å²) in [4.78, 5) is 3.04. The van der Waals surface area contributed by atoms with Crippen LogP contribution in [0, 0.1) is 0 Å². The van der Waals surface area contributed by atoms with Gasteiger partial charge >= 0.3 is 0 Å². The molecule has 0 bridgehead atoms. The van der Waals surface area contributed by atoms with Gasteiger partial charge in [0.15, 0.2) is 11.0 Å². The number of rotatable bonds is 4. The van der Waals surface area contributed by atoms with Crippen molar-refractivity contribution in [3.63, 3.8) is 0 Å². The molecule has 0 amide bonds. The van der Waals surface area contributed by atoms with Crippen LogP contribution in [0.3, 0.4) is 0 Å². The Labute approximate surface area is 162 Å². The number of para-hydroxylation sites is 1. The van der Waals surface area contributed by atoms with E-state index in [9.17, 15) is 4.21 Å². The molecular formula is C21H25N3O2S. The fourth-order valence-electron chi connectivity index (χ4n) is 4.46. The smallest absolute Gasteiger partial charge is 0.160 e. The lowest BCUT2D eigenvalue weighted by atomic mass is 10.0. The van der Waals surface area contributed by atoms with Crippen LogP contribution in [0.15, 0.2) is 35.4 Å². The van der Waals surface area contributed by atoms with Gasteiger partial charge in [-0.1, -0.05) is 18.2 Å². The molecule has 27 heavy (non-hydrogen) atoms. The number of hydrogen-bond acceptors (Lipinski definition) is 4. The average Bonchev–Trinajstić information content (AvgIpc) is 3.41. The second-order valence-corrected chi connectivity index (χ2v) is 8.92. The number of hydrogen-bond donors (Lipinski definition) is 1. The molecule has 5 rings (SSSR count). The monoisotopic (exact) mass is 383 g/mol. The van der Waals surface area contributed by atoms with Crippen LogP contribution in [0.4, 0.5) is 5.69 Å². The van der Waals surface area contributed by atoms with Crippen LogP contribution in [0.2, 0.25) is 0 Å². The Morgan fingerprint density at radius 1 is 1.37 bits per heavy atom. The van der Waals surface area contributed by atoms with E-state index in [1.54, 1.807) is 0 Å². The molecule has 6 heteroatoms. The van der Waals surface area contributed by atoms with E-state index in [2.05, 4.69) is 41.7 Å². The Hall–Kier alpha value is -2.05. The third-order valence-corrected chi connectivity index (χ3v) is 7.12. The van der Waals surface area contributed by atoms with E-state index >= 15 is 0 Å². The molecule has 1 fully saturated rings. The molecule has 0 saturated carbocycles. The highest BCUT2D eigenvalue weighted by atomic mass is 32.2. The summed E-state index contributed by atoms with van der Waals surface area (Å²) in [5.41, 5.74) is 4.68. The van der Waals surface area contributed by atoms with E-state index in [4.69, 9.17) is 4.74 Å². The normalized spacial score (nSPS) is 21.8. The third kappa shape index (κ3) is 2.91. The maximum absolute atomic E-state index is 13.6. The van der Waals surface area contributed by atoms with Crippen LogP contribution in [0.1, 0.15) is 29.7 Å². The second kappa shape index (κ2) is 6.84. The molecule has 1 aromatic heterocycles. The Morgan fingerprint density at radius 3 is 3.15 bits per heavy atom. The number of aromatic nitrogens is 1. The van der Waals surface area contributed by atoms with Gasteiger partial charge in [0.25, 0.3) is 0 Å². The first-order valence-electron chi connectivity index (χ1n) is 9.74. The molecule has 3 aliphatic heterocycles. The van der Waals surface area contributed by atoms with Crippen LogP contribution >= 0.6 is 0 Å². The standard InChI is InChI=1S/C21H25N3O2S/c1-23-11-4-7-18-20(23)16(13-17-6-3-10-22-17)14-24(18)27(25)19-8-2-5-15-9-12-26-21(15)19/h2,4-5,7-8,14,17,22H,3,6,9-13H2,1H3. The Morgan fingerprint density at radius 2 is 2.30 bits per heavy atom. The lowest BCUT2D eigenvalue weighted by molar-refractivity contribution is 0.349. The summed E-state index contributed by atoms with van der Waals surface area (Å²) < 4.78 is 21.3. The van der Waals surface area contributed by atoms with Crippen molar-refractivity contribution in [1.82, 2.24) is 9.29 Å². The molecule has 0 radical (unpaired) electrons. The van der Waals surface area contributed by atoms with Crippen molar-refractivity contribution < 1.29 is 8.95 Å². The van der Waals surface area contributed by atoms with Crippen molar-refractivity contribution in [2.45, 2.75) is 36.6 Å². The number of anilines is 1. The zero-order valence-corrected chi connectivity index (χ0v) is 16.4. The van der Waals surface area contributed by atoms with E-state index < -0.39 is 11.0 Å². The zero-order valence-electron chi connectivity index (χ0n) is 15.6. The van der Waals surface area contributed by atoms with E-state index in [-0.39, 0.29) is 0 Å². The third-order valence-electron chi connectivity index (χ3n) is 5.77. The first kappa shape index (κ1) is 17.1. The molecule has 0 aliphatic carbocycles. The lowest BCUT2D eigenvalue weighted by Crippen LogP contribution is -2.26. The highest BCUT2D eigenvalue weighted by Crippen LogP contribution is 2.37. The van der Waals surface area contributed by atoms with Crippen LogP contribution in [0.25, 0.3) is 6.08 Å². The summed E-state index contributed by atoms with van der Waals surface area (Å²) in [5.74, 6) is 0.811. The summed E-state index contributed by atoms with van der Waals surface area (Å²) >= 11 is 0. The lowest BCUT2D eigenvalue weighted by Gasteiger charge is -2.24. The maximum Gasteiger partial charge on any atom is 0.160 e. The van der Waals surface area contributed by atoms with Gasteiger partial charge in [-0.25, -0.2) is 4.21 Å². The van der Waals surface area contributed by atoms with Gasteiger partial charge in [0.1, 0.15) is 10.6 Å². The average molecular weight is 384 g/mol. The van der Waals surface area contributed by atoms with Gasteiger partial charge in [-0.05, 0) is 49.1 Å². The molecule has 2 atom stereocenters. The van der Waals surface area contributed by atoms with Crippen molar-refractivity contribution in [3.05, 3.63) is 47.3 Å². The molecule has 4 heterocycles. The van der Waals surface area contributed by atoms with Gasteiger partial charge in [0, 0.05) is 32.3 Å². The highest BCUT2D eigenvalue weighted by Gasteiger charge is 2.27. The van der Waals surface area contributed by atoms with E-state index in [1.165, 1.54) is 24.1 Å². The molecule has 1 aromatic carbocycles. The quantitative estimate of drug-likeness (QED) is 0.882. The van der Waals surface area contributed by atoms with E-state index in [0.717, 1.165) is 47.8 Å². The maximum atomic E-state index is 13.6. The summed E-state index contributed by atoms with van der Waals surface area (Å²) in [5, 5.41) is 3.59. The second-order valence-electron chi connectivity index (χ2n) is 7.59. The molecular weight excluding hydrogens is 358 g/mol. The van der Waals surface area contributed by atoms with Crippen molar-refractivity contribution in [1.29, 1.82) is 0 Å². The van der Waals surface area contributed by atoms with Gasteiger partial charge in [-0.2, -0.15) is 0 Å². The van der Waals surface area contributed by atoms with Gasteiger partial charge in [0.2, 0.25) is 0 Å². The highest BCUT2D eigenvalue weighted by molar-refractivity contribution is 7.83. The van der Waals surface area contributed by atoms with Crippen LogP contribution in [-0.4, -0.2) is 41.0 Å². The fraction of sp³-hybridized carbons (Fsp3) is 0.429. The number of fused-ring (bicyclic) bond motifs is 2. The number of nitrogens with one attached hydrogen (secondary N) is 1. The van der Waals surface area contributed by atoms with Gasteiger partial charge in [-0.3, -0.25) is 3.97 Å². The first-order chi connectivity index (χ1) is 13.2. The number of benzene rings is 1. The predicted octanol–water partition coefficient (Wildman–Crippen LogP) is 2.75. The Kier molecular flexibility index (Phi) is 4.32. The molecule has 1 saturated heterocycles. The predicted molar refractivity (Wildman–Crippen MR) is 109 cm³/mol. The Balaban J connectivity index is 1.57. The van der Waals surface area contributed by atoms with Crippen molar-refractivity contribution in [2.24, 2.45) is 0 Å². The van der Waals surface area contributed by atoms with E-state index in [0.29, 0.717) is 12.6 Å². The summed E-state index contributed by atoms with van der Waals surface area (Å²) in [6.45, 7) is 2.66. The SMILES string of the molecule is CN1CC=Cc2c1c(CC1CCCN1)cn2S(=O)c1cccc2c1OCC2. The number of likely N-dealkylation sites (N-methyl/N-ethyl adjacent to an activating group) is 1. The topological polar surface area (TPSA) is 46.5 Å². The molecule has 3 aliphatic rings. The van der Waals surface area contributed by atoms with Crippen molar-refractivity contribution >= 4 is 22.7 Å². The largest absolute Gasteiger partial charge is 0.492 e. The Bertz CT molecular complexity index is 928. The zero-order chi connectivity index (χ0) is 18.4. The van der Waals surface area contributed by atoms with E-state index in [1.807, 2.05) is 16.1 Å². The van der Waals surface area contributed by atoms with Crippen molar-refractivity contribution in [2.75, 3.05) is 31.6 Å². The van der Waals surface area contributed by atoms with Crippen LogP contribution in [0.5, 0.6) is 5.75 Å². The van der Waals surface area contributed by atoms with Gasteiger partial charge in [0.05, 0.1) is 18.0 Å². The number of nitrogens with zero attached hydrogens (tertiary/aromatic N) is 2. The minimum Gasteiger partial charge on any atom is -0.492 e. The fourth-order valence-corrected chi connectivity index (χ4v) is 5.76. The number of ether oxygens (including phenoxy) is 1. The minimum absolute atomic E-state index is 0.516.